The molecule has 19 heavy (non-hydrogen) atoms. The van der Waals surface area contributed by atoms with Gasteiger partial charge in [0.25, 0.3) is 5.91 Å². The minimum absolute atomic E-state index is 0.302. The maximum absolute atomic E-state index is 11.6. The van der Waals surface area contributed by atoms with E-state index < -0.39 is 36.7 Å². The Kier molecular flexibility index (Phi) is 5.56. The number of rotatable bonds is 7. The van der Waals surface area contributed by atoms with Crippen LogP contribution in [0.2, 0.25) is 0 Å². The highest BCUT2D eigenvalue weighted by molar-refractivity contribution is 5.91. The number of alkyl carbamates (subject to hydrolysis) is 1. The highest BCUT2D eigenvalue weighted by atomic mass is 16.7. The molecule has 0 radical (unpaired) electrons. The Morgan fingerprint density at radius 1 is 1.47 bits per heavy atom. The monoisotopic (exact) mass is 274 g/mol. The highest BCUT2D eigenvalue weighted by Gasteiger charge is 2.47. The van der Waals surface area contributed by atoms with Crippen molar-refractivity contribution in [3.63, 3.8) is 0 Å². The van der Waals surface area contributed by atoms with Crippen LogP contribution in [0.4, 0.5) is 4.79 Å². The number of ether oxygens (including phenoxy) is 1. The first kappa shape index (κ1) is 15.2. The fraction of sp³-hybridized carbons (Fsp3) is 0.727. The largest absolute Gasteiger partial charge is 0.479 e. The second-order valence-corrected chi connectivity index (χ2v) is 4.18. The van der Waals surface area contributed by atoms with E-state index in [0.717, 1.165) is 17.9 Å². The number of carboxylic acid groups (broad SMARTS) is 1. The smallest absolute Gasteiger partial charge is 0.407 e. The van der Waals surface area contributed by atoms with Crippen LogP contribution in [-0.2, 0) is 19.2 Å². The van der Waals surface area contributed by atoms with Crippen molar-refractivity contribution < 1.29 is 29.1 Å². The van der Waals surface area contributed by atoms with Gasteiger partial charge >= 0.3 is 12.1 Å². The molecule has 1 rings (SSSR count). The quantitative estimate of drug-likeness (QED) is 0.505. The number of amides is 2. The number of nitrogens with one attached hydrogen (secondary N) is 1. The molecule has 0 bridgehead atoms. The molecular weight excluding hydrogens is 256 g/mol. The summed E-state index contributed by atoms with van der Waals surface area (Å²) in [4.78, 5) is 38.0. The summed E-state index contributed by atoms with van der Waals surface area (Å²) >= 11 is 0. The number of aliphatic carboxylic acids is 1. The van der Waals surface area contributed by atoms with E-state index in [4.69, 9.17) is 14.7 Å². The lowest BCUT2D eigenvalue weighted by atomic mass is 10.0. The van der Waals surface area contributed by atoms with Crippen molar-refractivity contribution >= 4 is 18.0 Å². The lowest BCUT2D eigenvalue weighted by Gasteiger charge is -2.43. The zero-order valence-electron chi connectivity index (χ0n) is 10.9. The van der Waals surface area contributed by atoms with Crippen LogP contribution in [0.5, 0.6) is 0 Å². The number of hydroxylamine groups is 2. The van der Waals surface area contributed by atoms with E-state index in [1.807, 2.05) is 6.92 Å². The van der Waals surface area contributed by atoms with Crippen LogP contribution in [0.3, 0.4) is 0 Å². The summed E-state index contributed by atoms with van der Waals surface area (Å²) < 4.78 is 4.86. The van der Waals surface area contributed by atoms with Gasteiger partial charge in [-0.25, -0.2) is 14.7 Å². The summed E-state index contributed by atoms with van der Waals surface area (Å²) in [7, 11) is 0. The summed E-state index contributed by atoms with van der Waals surface area (Å²) in [5.41, 5.74) is 0. The van der Waals surface area contributed by atoms with E-state index in [0.29, 0.717) is 6.61 Å². The number of carbonyl (C=O) groups excluding carboxylic acids is 2. The Balaban J connectivity index is 2.31. The Morgan fingerprint density at radius 3 is 2.68 bits per heavy atom. The number of nitrogens with zero attached hydrogens (tertiary/aromatic N) is 1. The van der Waals surface area contributed by atoms with E-state index in [1.165, 1.54) is 0 Å². The molecule has 0 aromatic carbocycles. The molecule has 1 fully saturated rings. The highest BCUT2D eigenvalue weighted by Crippen LogP contribution is 2.20. The van der Waals surface area contributed by atoms with Gasteiger partial charge in [0.1, 0.15) is 6.04 Å². The molecule has 0 saturated carbocycles. The fourth-order valence-corrected chi connectivity index (χ4v) is 1.56. The molecule has 0 aromatic rings. The third-order valence-corrected chi connectivity index (χ3v) is 2.67. The van der Waals surface area contributed by atoms with Gasteiger partial charge in [-0.05, 0) is 13.3 Å². The number of carbonyl (C=O) groups is 3. The molecule has 1 heterocycles. The van der Waals surface area contributed by atoms with Crippen LogP contribution >= 0.6 is 0 Å². The predicted molar refractivity (Wildman–Crippen MR) is 63.1 cm³/mol. The summed E-state index contributed by atoms with van der Waals surface area (Å²) in [6.07, 6.45) is 1.01. The van der Waals surface area contributed by atoms with Crippen LogP contribution in [0.1, 0.15) is 26.7 Å². The molecule has 0 aromatic heterocycles. The first-order valence-electron chi connectivity index (χ1n) is 6.08. The molecule has 8 nitrogen and oxygen atoms in total. The Bertz CT molecular complexity index is 359. The number of hydrogen-bond donors (Lipinski definition) is 2. The van der Waals surface area contributed by atoms with Crippen molar-refractivity contribution in [3.05, 3.63) is 0 Å². The maximum atomic E-state index is 11.6. The number of hydrogen-bond acceptors (Lipinski definition) is 5. The van der Waals surface area contributed by atoms with E-state index in [-0.39, 0.29) is 0 Å². The van der Waals surface area contributed by atoms with Gasteiger partial charge in [-0.2, -0.15) is 0 Å². The van der Waals surface area contributed by atoms with Gasteiger partial charge in [-0.15, -0.1) is 0 Å². The summed E-state index contributed by atoms with van der Waals surface area (Å²) in [6.45, 7) is 3.32. The van der Waals surface area contributed by atoms with Gasteiger partial charge < -0.3 is 15.2 Å². The molecular formula is C11H18N2O6. The second-order valence-electron chi connectivity index (χ2n) is 4.18. The molecule has 8 heteroatoms. The summed E-state index contributed by atoms with van der Waals surface area (Å²) in [6, 6.07) is -1.16. The SMILES string of the molecule is CCCCOC(=O)N[C@@H]1C(=O)N(OCC(=O)O)[C@@H]1C. The zero-order valence-corrected chi connectivity index (χ0v) is 10.9. The molecule has 0 unspecified atom stereocenters. The summed E-state index contributed by atoms with van der Waals surface area (Å²) in [5.74, 6) is -1.66. The standard InChI is InChI=1S/C11H18N2O6/c1-3-4-5-18-11(17)12-9-7(2)13(10(9)16)19-6-8(14)15/h7,9H,3-6H2,1-2H3,(H,12,17)(H,14,15)/t7-,9+/m1/s1. The first-order chi connectivity index (χ1) is 8.97. The summed E-state index contributed by atoms with van der Waals surface area (Å²) in [5, 5.41) is 11.8. The minimum Gasteiger partial charge on any atom is -0.479 e. The Morgan fingerprint density at radius 2 is 2.16 bits per heavy atom. The van der Waals surface area contributed by atoms with E-state index in [9.17, 15) is 14.4 Å². The average molecular weight is 274 g/mol. The van der Waals surface area contributed by atoms with Crippen LogP contribution in [0.15, 0.2) is 0 Å². The molecule has 1 aliphatic rings. The average Bonchev–Trinajstić information content (AvgIpc) is 2.36. The zero-order chi connectivity index (χ0) is 14.4. The Hall–Kier alpha value is -1.83. The minimum atomic E-state index is -1.17. The van der Waals surface area contributed by atoms with Crippen molar-refractivity contribution in [2.75, 3.05) is 13.2 Å². The van der Waals surface area contributed by atoms with Crippen molar-refractivity contribution in [2.24, 2.45) is 0 Å². The van der Waals surface area contributed by atoms with Crippen LogP contribution in [0.25, 0.3) is 0 Å². The molecule has 108 valence electrons. The molecule has 1 saturated heterocycles. The molecule has 0 aliphatic carbocycles. The van der Waals surface area contributed by atoms with E-state index in [2.05, 4.69) is 5.32 Å². The molecule has 0 spiro atoms. The van der Waals surface area contributed by atoms with Gasteiger partial charge in [-0.3, -0.25) is 9.63 Å². The number of carboxylic acids is 1. The fourth-order valence-electron chi connectivity index (χ4n) is 1.56. The first-order valence-corrected chi connectivity index (χ1v) is 6.08. The van der Waals surface area contributed by atoms with Crippen LogP contribution < -0.4 is 5.32 Å². The van der Waals surface area contributed by atoms with E-state index in [1.54, 1.807) is 6.92 Å². The molecule has 2 amide bonds. The van der Waals surface area contributed by atoms with Crippen molar-refractivity contribution in [1.29, 1.82) is 0 Å². The van der Waals surface area contributed by atoms with Crippen molar-refractivity contribution in [3.8, 4) is 0 Å². The Labute approximate surface area is 110 Å². The number of β-lactam (4-membered cyclic amide) rings is 1. The van der Waals surface area contributed by atoms with Crippen molar-refractivity contribution in [2.45, 2.75) is 38.8 Å². The maximum Gasteiger partial charge on any atom is 0.407 e. The lowest BCUT2D eigenvalue weighted by Crippen LogP contribution is -2.69. The topological polar surface area (TPSA) is 105 Å². The van der Waals surface area contributed by atoms with Gasteiger partial charge in [0, 0.05) is 0 Å². The third kappa shape index (κ3) is 4.09. The molecule has 2 atom stereocenters. The van der Waals surface area contributed by atoms with Gasteiger partial charge in [-0.1, -0.05) is 13.3 Å². The number of unbranched alkanes of at least 4 members (excludes halogenated alkanes) is 1. The van der Waals surface area contributed by atoms with Gasteiger partial charge in [0.15, 0.2) is 6.61 Å². The van der Waals surface area contributed by atoms with Crippen LogP contribution in [0, 0.1) is 0 Å². The third-order valence-electron chi connectivity index (χ3n) is 2.67. The molecule has 2 N–H and O–H groups in total. The van der Waals surface area contributed by atoms with E-state index >= 15 is 0 Å². The van der Waals surface area contributed by atoms with Gasteiger partial charge in [0.2, 0.25) is 0 Å². The second kappa shape index (κ2) is 6.93. The predicted octanol–water partition coefficient (Wildman–Crippen LogP) is 0.128. The normalized spacial score (nSPS) is 21.8. The molecule has 1 aliphatic heterocycles. The van der Waals surface area contributed by atoms with Crippen LogP contribution in [-0.4, -0.2) is 53.4 Å². The lowest BCUT2D eigenvalue weighted by molar-refractivity contribution is -0.233. The van der Waals surface area contributed by atoms with Crippen molar-refractivity contribution in [1.82, 2.24) is 10.4 Å². The van der Waals surface area contributed by atoms with Gasteiger partial charge in [0.05, 0.1) is 12.6 Å².